The molecule has 1 atom stereocenters. The van der Waals surface area contributed by atoms with Crippen LogP contribution in [0.5, 0.6) is 0 Å². The molecule has 1 aromatic rings. The van der Waals surface area contributed by atoms with Gasteiger partial charge in [-0.05, 0) is 44.1 Å². The summed E-state index contributed by atoms with van der Waals surface area (Å²) >= 11 is 5.73. The van der Waals surface area contributed by atoms with Crippen LogP contribution in [0.4, 0.5) is 0 Å². The van der Waals surface area contributed by atoms with Crippen LogP contribution in [0.25, 0.3) is 0 Å². The Kier molecular flexibility index (Phi) is 5.15. The smallest absolute Gasteiger partial charge is 0.193 e. The van der Waals surface area contributed by atoms with E-state index in [9.17, 15) is 0 Å². The van der Waals surface area contributed by atoms with Crippen LogP contribution in [0, 0.1) is 0 Å². The second-order valence-electron chi connectivity index (χ2n) is 3.63. The quantitative estimate of drug-likeness (QED) is 0.817. The first-order valence-electron chi connectivity index (χ1n) is 5.23. The van der Waals surface area contributed by atoms with Crippen molar-refractivity contribution in [2.45, 2.75) is 32.9 Å². The molecule has 0 aliphatic heterocycles. The fraction of sp³-hybridized carbons (Fsp3) is 0.636. The van der Waals surface area contributed by atoms with Crippen molar-refractivity contribution in [2.75, 3.05) is 13.2 Å². The van der Waals surface area contributed by atoms with Crippen LogP contribution in [-0.4, -0.2) is 19.3 Å². The summed E-state index contributed by atoms with van der Waals surface area (Å²) < 4.78 is 10.9. The first-order valence-corrected chi connectivity index (χ1v) is 5.61. The average molecular weight is 232 g/mol. The molecule has 0 bridgehead atoms. The van der Waals surface area contributed by atoms with E-state index in [-0.39, 0.29) is 12.1 Å². The summed E-state index contributed by atoms with van der Waals surface area (Å²) in [6.07, 6.45) is 0.219. The molecular formula is C11H18ClNO2. The van der Waals surface area contributed by atoms with Crippen molar-refractivity contribution in [3.05, 3.63) is 23.1 Å². The van der Waals surface area contributed by atoms with Crippen molar-refractivity contribution in [3.63, 3.8) is 0 Å². The predicted octanol–water partition coefficient (Wildman–Crippen LogP) is 3.01. The van der Waals surface area contributed by atoms with Gasteiger partial charge in [-0.1, -0.05) is 6.92 Å². The van der Waals surface area contributed by atoms with E-state index in [0.29, 0.717) is 11.8 Å². The van der Waals surface area contributed by atoms with Gasteiger partial charge >= 0.3 is 0 Å². The molecule has 0 saturated heterocycles. The minimum absolute atomic E-state index is 0.0740. The number of hydrogen-bond acceptors (Lipinski definition) is 3. The summed E-state index contributed by atoms with van der Waals surface area (Å²) in [5.41, 5.74) is 0. The Morgan fingerprint density at radius 3 is 2.67 bits per heavy atom. The van der Waals surface area contributed by atoms with E-state index in [0.717, 1.165) is 12.3 Å². The molecule has 1 N–H and O–H groups in total. The number of likely N-dealkylation sites (N-methyl/N-ethyl adjacent to an activating group) is 1. The molecule has 15 heavy (non-hydrogen) atoms. The molecule has 0 saturated carbocycles. The van der Waals surface area contributed by atoms with E-state index >= 15 is 0 Å². The van der Waals surface area contributed by atoms with Gasteiger partial charge in [0.2, 0.25) is 0 Å². The lowest BCUT2D eigenvalue weighted by atomic mass is 10.2. The Morgan fingerprint density at radius 1 is 1.47 bits per heavy atom. The van der Waals surface area contributed by atoms with Crippen molar-refractivity contribution in [1.29, 1.82) is 0 Å². The molecule has 86 valence electrons. The highest BCUT2D eigenvalue weighted by atomic mass is 35.5. The topological polar surface area (TPSA) is 34.4 Å². The third kappa shape index (κ3) is 4.24. The van der Waals surface area contributed by atoms with E-state index in [1.54, 1.807) is 6.07 Å². The minimum atomic E-state index is 0.0740. The van der Waals surface area contributed by atoms with E-state index in [2.05, 4.69) is 5.32 Å². The predicted molar refractivity (Wildman–Crippen MR) is 61.2 cm³/mol. The fourth-order valence-electron chi connectivity index (χ4n) is 1.29. The van der Waals surface area contributed by atoms with Gasteiger partial charge in [-0.3, -0.25) is 0 Å². The zero-order chi connectivity index (χ0) is 11.3. The van der Waals surface area contributed by atoms with Crippen LogP contribution in [0.1, 0.15) is 32.6 Å². The van der Waals surface area contributed by atoms with Crippen molar-refractivity contribution in [1.82, 2.24) is 5.32 Å². The lowest BCUT2D eigenvalue weighted by Gasteiger charge is -2.17. The monoisotopic (exact) mass is 231 g/mol. The number of halogens is 1. The SMILES string of the molecule is CCNC(COC(C)C)c1ccc(Cl)o1. The molecule has 0 amide bonds. The van der Waals surface area contributed by atoms with Gasteiger partial charge in [-0.2, -0.15) is 0 Å². The second-order valence-corrected chi connectivity index (χ2v) is 4.01. The van der Waals surface area contributed by atoms with Crippen molar-refractivity contribution in [3.8, 4) is 0 Å². The number of hydrogen-bond donors (Lipinski definition) is 1. The van der Waals surface area contributed by atoms with Crippen molar-refractivity contribution < 1.29 is 9.15 Å². The fourth-order valence-corrected chi connectivity index (χ4v) is 1.44. The van der Waals surface area contributed by atoms with Crippen molar-refractivity contribution in [2.24, 2.45) is 0 Å². The average Bonchev–Trinajstić information content (AvgIpc) is 2.59. The van der Waals surface area contributed by atoms with Gasteiger partial charge in [0.1, 0.15) is 5.76 Å². The van der Waals surface area contributed by atoms with Gasteiger partial charge in [-0.15, -0.1) is 0 Å². The second kappa shape index (κ2) is 6.16. The summed E-state index contributed by atoms with van der Waals surface area (Å²) in [5, 5.41) is 3.70. The normalized spacial score (nSPS) is 13.4. The highest BCUT2D eigenvalue weighted by Gasteiger charge is 2.15. The molecule has 0 fully saturated rings. The highest BCUT2D eigenvalue weighted by Crippen LogP contribution is 2.20. The first-order chi connectivity index (χ1) is 7.13. The Balaban J connectivity index is 2.57. The van der Waals surface area contributed by atoms with Gasteiger partial charge < -0.3 is 14.5 Å². The molecule has 4 heteroatoms. The molecule has 1 aromatic heterocycles. The van der Waals surface area contributed by atoms with Crippen LogP contribution in [0.2, 0.25) is 5.22 Å². The molecule has 0 aliphatic carbocycles. The first kappa shape index (κ1) is 12.6. The Hall–Kier alpha value is -0.510. The van der Waals surface area contributed by atoms with Gasteiger partial charge in [0.15, 0.2) is 5.22 Å². The van der Waals surface area contributed by atoms with Gasteiger partial charge in [0.05, 0.1) is 18.8 Å². The number of nitrogens with one attached hydrogen (secondary N) is 1. The third-order valence-corrected chi connectivity index (χ3v) is 2.19. The molecule has 0 radical (unpaired) electrons. The van der Waals surface area contributed by atoms with Gasteiger partial charge in [-0.25, -0.2) is 0 Å². The summed E-state index contributed by atoms with van der Waals surface area (Å²) in [6, 6.07) is 3.69. The highest BCUT2D eigenvalue weighted by molar-refractivity contribution is 6.28. The Labute approximate surface area is 95.7 Å². The standard InChI is InChI=1S/C11H18ClNO2/c1-4-13-9(7-14-8(2)3)10-5-6-11(12)15-10/h5-6,8-9,13H,4,7H2,1-3H3. The largest absolute Gasteiger partial charge is 0.448 e. The molecular weight excluding hydrogens is 214 g/mol. The van der Waals surface area contributed by atoms with Gasteiger partial charge in [0.25, 0.3) is 0 Å². The number of furan rings is 1. The van der Waals surface area contributed by atoms with Crippen LogP contribution in [0.15, 0.2) is 16.5 Å². The zero-order valence-corrected chi connectivity index (χ0v) is 10.2. The molecule has 3 nitrogen and oxygen atoms in total. The Morgan fingerprint density at radius 2 is 2.20 bits per heavy atom. The lowest BCUT2D eigenvalue weighted by Crippen LogP contribution is -2.26. The number of rotatable bonds is 6. The maximum absolute atomic E-state index is 5.73. The summed E-state index contributed by atoms with van der Waals surface area (Å²) in [7, 11) is 0. The molecule has 1 rings (SSSR count). The zero-order valence-electron chi connectivity index (χ0n) is 9.42. The van der Waals surface area contributed by atoms with E-state index in [4.69, 9.17) is 20.8 Å². The Bertz CT molecular complexity index is 286. The molecule has 0 aliphatic rings. The molecule has 0 spiro atoms. The number of ether oxygens (including phenoxy) is 1. The lowest BCUT2D eigenvalue weighted by molar-refractivity contribution is 0.0572. The molecule has 1 unspecified atom stereocenters. The van der Waals surface area contributed by atoms with E-state index in [1.165, 1.54) is 0 Å². The van der Waals surface area contributed by atoms with E-state index < -0.39 is 0 Å². The summed E-state index contributed by atoms with van der Waals surface area (Å²) in [5.74, 6) is 0.822. The minimum Gasteiger partial charge on any atom is -0.448 e. The van der Waals surface area contributed by atoms with Crippen LogP contribution >= 0.6 is 11.6 Å². The maximum atomic E-state index is 5.73. The molecule has 0 aromatic carbocycles. The maximum Gasteiger partial charge on any atom is 0.193 e. The third-order valence-electron chi connectivity index (χ3n) is 1.98. The summed E-state index contributed by atoms with van der Waals surface area (Å²) in [4.78, 5) is 0. The van der Waals surface area contributed by atoms with Crippen molar-refractivity contribution >= 4 is 11.6 Å². The van der Waals surface area contributed by atoms with E-state index in [1.807, 2.05) is 26.8 Å². The summed E-state index contributed by atoms with van der Waals surface area (Å²) in [6.45, 7) is 7.53. The van der Waals surface area contributed by atoms with Gasteiger partial charge in [0, 0.05) is 0 Å². The molecule has 1 heterocycles. The van der Waals surface area contributed by atoms with Crippen LogP contribution in [-0.2, 0) is 4.74 Å². The van der Waals surface area contributed by atoms with Crippen LogP contribution in [0.3, 0.4) is 0 Å². The van der Waals surface area contributed by atoms with Crippen LogP contribution < -0.4 is 5.32 Å².